The number of nitrogens with one attached hydrogen (secondary N) is 1. The van der Waals surface area contributed by atoms with Gasteiger partial charge in [0.2, 0.25) is 5.91 Å². The lowest BCUT2D eigenvalue weighted by atomic mass is 9.81. The first-order valence-electron chi connectivity index (χ1n) is 10.8. The number of aryl methyl sites for hydroxylation is 2. The molecule has 2 atom stereocenters. The molecule has 6 heteroatoms. The Morgan fingerprint density at radius 2 is 1.74 bits per heavy atom. The molecule has 2 aromatic rings. The highest BCUT2D eigenvalue weighted by atomic mass is 16.6. The van der Waals surface area contributed by atoms with E-state index >= 15 is 0 Å². The summed E-state index contributed by atoms with van der Waals surface area (Å²) in [7, 11) is 3.86. The summed E-state index contributed by atoms with van der Waals surface area (Å²) in [5.74, 6) is -0.0287. The number of rotatable bonds is 5. The molecule has 0 saturated carbocycles. The normalized spacial score (nSPS) is 21.1. The Bertz CT molecular complexity index is 909. The van der Waals surface area contributed by atoms with Crippen LogP contribution in [0.1, 0.15) is 36.5 Å². The van der Waals surface area contributed by atoms with Gasteiger partial charge in [-0.25, -0.2) is 4.79 Å². The van der Waals surface area contributed by atoms with Crippen LogP contribution in [0.5, 0.6) is 0 Å². The molecule has 6 nitrogen and oxygen atoms in total. The lowest BCUT2D eigenvalue weighted by molar-refractivity contribution is -0.130. The number of para-hydroxylation sites is 1. The van der Waals surface area contributed by atoms with Crippen LogP contribution in [-0.4, -0.2) is 54.0 Å². The molecule has 0 bridgehead atoms. The average molecular weight is 424 g/mol. The van der Waals surface area contributed by atoms with Crippen LogP contribution in [0.4, 0.5) is 10.5 Å². The summed E-state index contributed by atoms with van der Waals surface area (Å²) in [6.07, 6.45) is 0.748. The molecule has 166 valence electrons. The molecule has 1 N–H and O–H groups in total. The van der Waals surface area contributed by atoms with Crippen LogP contribution >= 0.6 is 0 Å². The van der Waals surface area contributed by atoms with Gasteiger partial charge in [-0.15, -0.1) is 0 Å². The quantitative estimate of drug-likeness (QED) is 0.776. The van der Waals surface area contributed by atoms with E-state index in [1.165, 1.54) is 0 Å². The van der Waals surface area contributed by atoms with Crippen molar-refractivity contribution in [2.75, 3.05) is 26.0 Å². The van der Waals surface area contributed by atoms with Crippen molar-refractivity contribution in [2.24, 2.45) is 0 Å². The zero-order valence-corrected chi connectivity index (χ0v) is 19.1. The van der Waals surface area contributed by atoms with Crippen LogP contribution in [0.2, 0.25) is 0 Å². The number of likely N-dealkylation sites (tertiary alicyclic amines) is 1. The third kappa shape index (κ3) is 4.90. The maximum absolute atomic E-state index is 13.5. The van der Waals surface area contributed by atoms with Gasteiger partial charge in [0.15, 0.2) is 0 Å². The van der Waals surface area contributed by atoms with Crippen molar-refractivity contribution < 1.29 is 14.3 Å². The van der Waals surface area contributed by atoms with E-state index in [1.807, 2.05) is 88.3 Å². The molecule has 31 heavy (non-hydrogen) atoms. The molecule has 0 aromatic heterocycles. The second kappa shape index (κ2) is 9.52. The highest BCUT2D eigenvalue weighted by molar-refractivity contribution is 5.99. The molecule has 2 unspecified atom stereocenters. The number of piperidine rings is 1. The minimum absolute atomic E-state index is 0.0287. The van der Waals surface area contributed by atoms with Crippen molar-refractivity contribution in [3.05, 3.63) is 65.2 Å². The highest BCUT2D eigenvalue weighted by Crippen LogP contribution is 2.33. The Labute approximate surface area is 185 Å². The third-order valence-corrected chi connectivity index (χ3v) is 6.37. The van der Waals surface area contributed by atoms with Crippen LogP contribution in [0, 0.1) is 13.8 Å². The number of likely N-dealkylation sites (N-methyl/N-ethyl adjacent to an activating group) is 1. The van der Waals surface area contributed by atoms with Crippen molar-refractivity contribution in [2.45, 2.75) is 51.8 Å². The van der Waals surface area contributed by atoms with Gasteiger partial charge in [0.25, 0.3) is 0 Å². The Morgan fingerprint density at radius 3 is 2.32 bits per heavy atom. The smallest absolute Gasteiger partial charge is 0.410 e. The standard InChI is InChI=1S/C25H33N3O3/c1-18-10-9-11-19(2)22(18)26-23(29)25(27(4)5)14-15-28(20(3)16-25)24(30)31-17-21-12-7-6-8-13-21/h6-13,20H,14-17H2,1-5H3,(H,26,29). The van der Waals surface area contributed by atoms with E-state index < -0.39 is 5.54 Å². The minimum atomic E-state index is -0.690. The van der Waals surface area contributed by atoms with Gasteiger partial charge in [-0.05, 0) is 64.4 Å². The first-order valence-corrected chi connectivity index (χ1v) is 10.8. The van der Waals surface area contributed by atoms with E-state index in [0.29, 0.717) is 19.4 Å². The predicted molar refractivity (Wildman–Crippen MR) is 123 cm³/mol. The fourth-order valence-electron chi connectivity index (χ4n) is 4.36. The van der Waals surface area contributed by atoms with Gasteiger partial charge >= 0.3 is 6.09 Å². The summed E-state index contributed by atoms with van der Waals surface area (Å²) in [6, 6.07) is 15.5. The van der Waals surface area contributed by atoms with E-state index in [-0.39, 0.29) is 24.6 Å². The number of benzene rings is 2. The van der Waals surface area contributed by atoms with Crippen molar-refractivity contribution in [3.8, 4) is 0 Å². The van der Waals surface area contributed by atoms with E-state index in [2.05, 4.69) is 5.32 Å². The van der Waals surface area contributed by atoms with Crippen LogP contribution in [-0.2, 0) is 16.1 Å². The van der Waals surface area contributed by atoms with E-state index in [9.17, 15) is 9.59 Å². The topological polar surface area (TPSA) is 61.9 Å². The number of ether oxygens (including phenoxy) is 1. The van der Waals surface area contributed by atoms with Gasteiger partial charge in [0.1, 0.15) is 12.1 Å². The van der Waals surface area contributed by atoms with Crippen LogP contribution in [0.15, 0.2) is 48.5 Å². The van der Waals surface area contributed by atoms with Gasteiger partial charge in [0, 0.05) is 18.3 Å². The molecular formula is C25H33N3O3. The average Bonchev–Trinajstić information content (AvgIpc) is 2.75. The van der Waals surface area contributed by atoms with Gasteiger partial charge in [-0.3, -0.25) is 9.69 Å². The second-order valence-electron chi connectivity index (χ2n) is 8.68. The van der Waals surface area contributed by atoms with Crippen molar-refractivity contribution in [3.63, 3.8) is 0 Å². The molecule has 0 radical (unpaired) electrons. The lowest BCUT2D eigenvalue weighted by Gasteiger charge is -2.47. The summed E-state index contributed by atoms with van der Waals surface area (Å²) >= 11 is 0. The van der Waals surface area contributed by atoms with Crippen LogP contribution in [0.3, 0.4) is 0 Å². The maximum Gasteiger partial charge on any atom is 0.410 e. The third-order valence-electron chi connectivity index (χ3n) is 6.37. The number of carbonyl (C=O) groups excluding carboxylic acids is 2. The molecule has 1 heterocycles. The Kier molecular flexibility index (Phi) is 7.01. The summed E-state index contributed by atoms with van der Waals surface area (Å²) < 4.78 is 5.53. The lowest BCUT2D eigenvalue weighted by Crippen LogP contribution is -2.62. The molecule has 2 aromatic carbocycles. The molecule has 2 amide bonds. The van der Waals surface area contributed by atoms with Gasteiger partial charge in [0.05, 0.1) is 0 Å². The maximum atomic E-state index is 13.5. The van der Waals surface area contributed by atoms with Crippen molar-refractivity contribution >= 4 is 17.7 Å². The SMILES string of the molecule is Cc1cccc(C)c1NC(=O)C1(N(C)C)CCN(C(=O)OCc2ccccc2)C(C)C1. The summed E-state index contributed by atoms with van der Waals surface area (Å²) in [5.41, 5.74) is 3.21. The number of hydrogen-bond donors (Lipinski definition) is 1. The second-order valence-corrected chi connectivity index (χ2v) is 8.68. The first-order chi connectivity index (χ1) is 14.7. The Balaban J connectivity index is 1.70. The first kappa shape index (κ1) is 22.8. The molecular weight excluding hydrogens is 390 g/mol. The molecule has 0 aliphatic carbocycles. The zero-order valence-electron chi connectivity index (χ0n) is 19.1. The Hall–Kier alpha value is -2.86. The van der Waals surface area contributed by atoms with Crippen molar-refractivity contribution in [1.29, 1.82) is 0 Å². The molecule has 1 saturated heterocycles. The molecule has 3 rings (SSSR count). The number of nitrogens with zero attached hydrogens (tertiary/aromatic N) is 2. The minimum Gasteiger partial charge on any atom is -0.445 e. The van der Waals surface area contributed by atoms with Gasteiger partial charge < -0.3 is 15.0 Å². The molecule has 1 fully saturated rings. The molecule has 1 aliphatic rings. The summed E-state index contributed by atoms with van der Waals surface area (Å²) in [6.45, 7) is 6.69. The predicted octanol–water partition coefficient (Wildman–Crippen LogP) is 4.36. The fourth-order valence-corrected chi connectivity index (χ4v) is 4.36. The number of carbonyl (C=O) groups is 2. The summed E-state index contributed by atoms with van der Waals surface area (Å²) in [5, 5.41) is 3.17. The largest absolute Gasteiger partial charge is 0.445 e. The zero-order chi connectivity index (χ0) is 22.6. The monoisotopic (exact) mass is 423 g/mol. The fraction of sp³-hybridized carbons (Fsp3) is 0.440. The number of anilines is 1. The van der Waals surface area contributed by atoms with Crippen LogP contribution in [0.25, 0.3) is 0 Å². The summed E-state index contributed by atoms with van der Waals surface area (Å²) in [4.78, 5) is 29.9. The van der Waals surface area contributed by atoms with E-state index in [1.54, 1.807) is 4.90 Å². The molecule has 1 aliphatic heterocycles. The van der Waals surface area contributed by atoms with Crippen molar-refractivity contribution in [1.82, 2.24) is 9.80 Å². The number of hydrogen-bond acceptors (Lipinski definition) is 4. The van der Waals surface area contributed by atoms with Crippen LogP contribution < -0.4 is 5.32 Å². The van der Waals surface area contributed by atoms with Gasteiger partial charge in [-0.2, -0.15) is 0 Å². The Morgan fingerprint density at radius 1 is 1.10 bits per heavy atom. The molecule has 0 spiro atoms. The van der Waals surface area contributed by atoms with E-state index in [4.69, 9.17) is 4.74 Å². The van der Waals surface area contributed by atoms with E-state index in [0.717, 1.165) is 22.4 Å². The highest BCUT2D eigenvalue weighted by Gasteiger charge is 2.47. The number of amides is 2. The van der Waals surface area contributed by atoms with Gasteiger partial charge in [-0.1, -0.05) is 48.5 Å².